The van der Waals surface area contributed by atoms with E-state index in [0.717, 1.165) is 10.5 Å². The first-order valence-electron chi connectivity index (χ1n) is 11.6. The molecule has 1 spiro atoms. The average molecular weight is 474 g/mol. The maximum Gasteiger partial charge on any atom is 0.253 e. The van der Waals surface area contributed by atoms with Crippen LogP contribution >= 0.6 is 0 Å². The smallest absolute Gasteiger partial charge is 0.253 e. The number of halogens is 1. The number of fused-ring (bicyclic) bond motifs is 1. The van der Waals surface area contributed by atoms with Gasteiger partial charge in [0.25, 0.3) is 5.91 Å². The zero-order chi connectivity index (χ0) is 23.8. The topological polar surface area (TPSA) is 61.8 Å². The molecular weight excluding hydrogens is 441 g/mol. The van der Waals surface area contributed by atoms with Crippen molar-refractivity contribution in [3.8, 4) is 5.75 Å². The minimum Gasteiger partial charge on any atom is -0.611 e. The van der Waals surface area contributed by atoms with Gasteiger partial charge in [-0.25, -0.2) is 4.39 Å². The first-order chi connectivity index (χ1) is 15.7. The van der Waals surface area contributed by atoms with Crippen LogP contribution in [0.4, 0.5) is 4.39 Å². The van der Waals surface area contributed by atoms with E-state index >= 15 is 0 Å². The predicted octanol–water partition coefficient (Wildman–Crippen LogP) is 5.27. The fourth-order valence-electron chi connectivity index (χ4n) is 4.65. The summed E-state index contributed by atoms with van der Waals surface area (Å²) in [6.45, 7) is 8.93. The molecule has 1 amide bonds. The normalized spacial score (nSPS) is 20.6. The Kier molecular flexibility index (Phi) is 7.03. The number of nitrogens with zero attached hydrogens (tertiary/aromatic N) is 1. The molecule has 0 aromatic heterocycles. The molecule has 2 aliphatic heterocycles. The van der Waals surface area contributed by atoms with Crippen LogP contribution in [-0.4, -0.2) is 45.4 Å². The monoisotopic (exact) mass is 473 g/mol. The van der Waals surface area contributed by atoms with Crippen LogP contribution in [0.15, 0.2) is 47.4 Å². The second-order valence-corrected chi connectivity index (χ2v) is 11.5. The van der Waals surface area contributed by atoms with Gasteiger partial charge in [-0.2, -0.15) is 0 Å². The number of rotatable bonds is 5. The van der Waals surface area contributed by atoms with E-state index in [0.29, 0.717) is 43.7 Å². The van der Waals surface area contributed by atoms with E-state index < -0.39 is 16.8 Å². The summed E-state index contributed by atoms with van der Waals surface area (Å²) < 4.78 is 38.7. The lowest BCUT2D eigenvalue weighted by Gasteiger charge is -2.47. The molecule has 1 saturated heterocycles. The Morgan fingerprint density at radius 1 is 1.15 bits per heavy atom. The van der Waals surface area contributed by atoms with Crippen LogP contribution in [-0.2, 0) is 15.9 Å². The minimum atomic E-state index is -1.07. The van der Waals surface area contributed by atoms with E-state index in [4.69, 9.17) is 9.47 Å². The van der Waals surface area contributed by atoms with E-state index in [1.165, 1.54) is 12.1 Å². The van der Waals surface area contributed by atoms with Gasteiger partial charge in [-0.15, -0.1) is 0 Å². The number of amides is 1. The van der Waals surface area contributed by atoms with Crippen molar-refractivity contribution < 1.29 is 23.2 Å². The molecule has 2 atom stereocenters. The lowest BCUT2D eigenvalue weighted by Crippen LogP contribution is -2.52. The summed E-state index contributed by atoms with van der Waals surface area (Å²) in [5.74, 6) is 0.344. The number of hydrogen-bond acceptors (Lipinski definition) is 4. The maximum atomic E-state index is 13.9. The summed E-state index contributed by atoms with van der Waals surface area (Å²) in [6.07, 6.45) is 1.78. The fourth-order valence-corrected chi connectivity index (χ4v) is 5.60. The van der Waals surface area contributed by atoms with Crippen LogP contribution in [0.1, 0.15) is 69.0 Å². The molecule has 2 heterocycles. The SMILES string of the molecule is CC(C)O[C@@H]1CC2(CCN(C(=O)c3ccc([S+]([O-])C(C)C)cc3)CC2)Oc2ccc(F)cc21. The van der Waals surface area contributed by atoms with Crippen LogP contribution < -0.4 is 4.74 Å². The largest absolute Gasteiger partial charge is 0.611 e. The Labute approximate surface area is 198 Å². The number of likely N-dealkylation sites (tertiary alicyclic amines) is 1. The molecule has 0 N–H and O–H groups in total. The van der Waals surface area contributed by atoms with Gasteiger partial charge in [0.1, 0.15) is 22.4 Å². The molecule has 2 aliphatic rings. The molecule has 0 aliphatic carbocycles. The minimum absolute atomic E-state index is 0.0101. The molecule has 2 aromatic rings. The van der Waals surface area contributed by atoms with Crippen LogP contribution in [0.5, 0.6) is 5.75 Å². The Bertz CT molecular complexity index is 986. The van der Waals surface area contributed by atoms with Crippen molar-refractivity contribution in [1.82, 2.24) is 4.90 Å². The van der Waals surface area contributed by atoms with Crippen molar-refractivity contribution in [1.29, 1.82) is 0 Å². The van der Waals surface area contributed by atoms with Crippen LogP contribution in [0.25, 0.3) is 0 Å². The van der Waals surface area contributed by atoms with Gasteiger partial charge < -0.3 is 18.9 Å². The first-order valence-corrected chi connectivity index (χ1v) is 12.8. The lowest BCUT2D eigenvalue weighted by molar-refractivity contribution is -0.0873. The molecule has 5 nitrogen and oxygen atoms in total. The van der Waals surface area contributed by atoms with Crippen molar-refractivity contribution in [2.24, 2.45) is 0 Å². The van der Waals surface area contributed by atoms with Crippen molar-refractivity contribution in [2.75, 3.05) is 13.1 Å². The second-order valence-electron chi connectivity index (χ2n) is 9.51. The van der Waals surface area contributed by atoms with Crippen molar-refractivity contribution in [3.63, 3.8) is 0 Å². The van der Waals surface area contributed by atoms with Crippen LogP contribution in [0, 0.1) is 5.82 Å². The molecule has 1 unspecified atom stereocenters. The quantitative estimate of drug-likeness (QED) is 0.556. The third-order valence-electron chi connectivity index (χ3n) is 6.36. The number of piperidine rings is 1. The highest BCUT2D eigenvalue weighted by atomic mass is 32.2. The standard InChI is InChI=1S/C26H32FNO4S/c1-17(2)31-24-16-26(32-23-10-7-20(27)15-22(23)24)11-13-28(14-12-26)25(29)19-5-8-21(9-6-19)33(30)18(3)4/h5-10,15,17-18,24H,11-14,16H2,1-4H3/t24-,33?/m1/s1. The highest BCUT2D eigenvalue weighted by Gasteiger charge is 2.44. The highest BCUT2D eigenvalue weighted by Crippen LogP contribution is 2.46. The molecule has 2 aromatic carbocycles. The number of carbonyl (C=O) groups is 1. The number of benzene rings is 2. The fraction of sp³-hybridized carbons (Fsp3) is 0.500. The highest BCUT2D eigenvalue weighted by molar-refractivity contribution is 7.92. The van der Waals surface area contributed by atoms with E-state index in [9.17, 15) is 13.7 Å². The summed E-state index contributed by atoms with van der Waals surface area (Å²) in [5, 5.41) is 0.0328. The molecule has 0 radical (unpaired) electrons. The van der Waals surface area contributed by atoms with Gasteiger partial charge in [-0.05, 0) is 81.3 Å². The summed E-state index contributed by atoms with van der Waals surface area (Å²) in [5.41, 5.74) is 0.924. The molecular formula is C26H32FNO4S. The molecule has 4 rings (SSSR count). The Balaban J connectivity index is 1.45. The zero-order valence-electron chi connectivity index (χ0n) is 19.7. The van der Waals surface area contributed by atoms with Gasteiger partial charge in [-0.3, -0.25) is 4.79 Å². The molecule has 178 valence electrons. The van der Waals surface area contributed by atoms with Gasteiger partial charge in [-0.1, -0.05) is 0 Å². The number of hydrogen-bond donors (Lipinski definition) is 0. The van der Waals surface area contributed by atoms with E-state index in [1.807, 2.05) is 32.6 Å². The van der Waals surface area contributed by atoms with Gasteiger partial charge >= 0.3 is 0 Å². The van der Waals surface area contributed by atoms with Crippen molar-refractivity contribution in [3.05, 3.63) is 59.4 Å². The molecule has 0 saturated carbocycles. The van der Waals surface area contributed by atoms with Gasteiger partial charge in [0, 0.05) is 43.5 Å². The van der Waals surface area contributed by atoms with Crippen molar-refractivity contribution >= 4 is 17.1 Å². The maximum absolute atomic E-state index is 13.9. The average Bonchev–Trinajstić information content (AvgIpc) is 2.79. The van der Waals surface area contributed by atoms with Gasteiger partial charge in [0.15, 0.2) is 4.90 Å². The van der Waals surface area contributed by atoms with E-state index in [1.54, 1.807) is 30.3 Å². The third-order valence-corrected chi connectivity index (χ3v) is 7.96. The van der Waals surface area contributed by atoms with Crippen LogP contribution in [0.3, 0.4) is 0 Å². The Morgan fingerprint density at radius 2 is 1.82 bits per heavy atom. The van der Waals surface area contributed by atoms with E-state index in [2.05, 4.69) is 0 Å². The van der Waals surface area contributed by atoms with Gasteiger partial charge in [0.2, 0.25) is 0 Å². The third kappa shape index (κ3) is 5.20. The lowest BCUT2D eigenvalue weighted by atomic mass is 9.81. The van der Waals surface area contributed by atoms with Crippen LogP contribution in [0.2, 0.25) is 0 Å². The number of carbonyl (C=O) groups excluding carboxylic acids is 1. The summed E-state index contributed by atoms with van der Waals surface area (Å²) in [4.78, 5) is 15.7. The molecule has 0 bridgehead atoms. The summed E-state index contributed by atoms with van der Waals surface area (Å²) in [6, 6.07) is 11.7. The second kappa shape index (κ2) is 9.65. The summed E-state index contributed by atoms with van der Waals surface area (Å²) in [7, 11) is 0. The van der Waals surface area contributed by atoms with Gasteiger partial charge in [0.05, 0.1) is 12.2 Å². The number of ether oxygens (including phenoxy) is 2. The van der Waals surface area contributed by atoms with Crippen molar-refractivity contribution in [2.45, 2.75) is 74.9 Å². The summed E-state index contributed by atoms with van der Waals surface area (Å²) >= 11 is -1.07. The zero-order valence-corrected chi connectivity index (χ0v) is 20.5. The van der Waals surface area contributed by atoms with E-state index in [-0.39, 0.29) is 29.2 Å². The Morgan fingerprint density at radius 3 is 2.42 bits per heavy atom. The molecule has 1 fully saturated rings. The first kappa shape index (κ1) is 24.0. The molecule has 7 heteroatoms. The predicted molar refractivity (Wildman–Crippen MR) is 126 cm³/mol. The molecule has 33 heavy (non-hydrogen) atoms. The Hall–Kier alpha value is -2.09.